The quantitative estimate of drug-likeness (QED) is 0.512. The molecule has 0 amide bonds. The molecule has 1 unspecified atom stereocenters. The number of morpholine rings is 1. The van der Waals surface area contributed by atoms with Gasteiger partial charge in [0.2, 0.25) is 0 Å². The Morgan fingerprint density at radius 1 is 1.80 bits per heavy atom. The number of hydrogen-bond acceptors (Lipinski definition) is 5. The van der Waals surface area contributed by atoms with E-state index in [1.165, 1.54) is 0 Å². The molecule has 88 valence electrons. The summed E-state index contributed by atoms with van der Waals surface area (Å²) >= 11 is 0. The van der Waals surface area contributed by atoms with Crippen LogP contribution in [0.15, 0.2) is 0 Å². The third kappa shape index (κ3) is 4.57. The molecule has 3 N–H and O–H groups in total. The van der Waals surface area contributed by atoms with Crippen LogP contribution in [-0.2, 0) is 14.3 Å². The maximum absolute atomic E-state index is 10.6. The van der Waals surface area contributed by atoms with Gasteiger partial charge < -0.3 is 25.2 Å². The molecule has 2 atom stereocenters. The van der Waals surface area contributed by atoms with Gasteiger partial charge in [0.05, 0.1) is 32.5 Å². The summed E-state index contributed by atoms with van der Waals surface area (Å²) in [4.78, 5) is 10.6. The zero-order chi connectivity index (χ0) is 11.1. The average molecular weight is 218 g/mol. The lowest BCUT2D eigenvalue weighted by Crippen LogP contribution is -2.45. The molecule has 0 saturated carbocycles. The first-order chi connectivity index (χ1) is 7.24. The molecule has 0 spiro atoms. The fraction of sp³-hybridized carbons (Fsp3) is 0.889. The Morgan fingerprint density at radius 2 is 2.60 bits per heavy atom. The zero-order valence-corrected chi connectivity index (χ0v) is 8.86. The molecule has 6 heteroatoms. The van der Waals surface area contributed by atoms with Gasteiger partial charge in [-0.3, -0.25) is 4.79 Å². The molecular formula is C9H18N2O4. The molecule has 0 aromatic heterocycles. The minimum atomic E-state index is -0.898. The van der Waals surface area contributed by atoms with Gasteiger partial charge in [-0.05, 0) is 7.05 Å². The maximum Gasteiger partial charge on any atom is 0.323 e. The average Bonchev–Trinajstić information content (AvgIpc) is 2.25. The van der Waals surface area contributed by atoms with Crippen LogP contribution in [0.25, 0.3) is 0 Å². The monoisotopic (exact) mass is 218 g/mol. The Bertz CT molecular complexity index is 195. The van der Waals surface area contributed by atoms with Crippen LogP contribution in [0.4, 0.5) is 0 Å². The highest BCUT2D eigenvalue weighted by atomic mass is 16.5. The van der Waals surface area contributed by atoms with E-state index in [0.717, 1.165) is 13.2 Å². The van der Waals surface area contributed by atoms with Gasteiger partial charge in [-0.2, -0.15) is 0 Å². The van der Waals surface area contributed by atoms with E-state index in [9.17, 15) is 4.79 Å². The van der Waals surface area contributed by atoms with Crippen molar-refractivity contribution >= 4 is 5.97 Å². The van der Waals surface area contributed by atoms with Gasteiger partial charge >= 0.3 is 5.97 Å². The fourth-order valence-corrected chi connectivity index (χ4v) is 1.33. The van der Waals surface area contributed by atoms with E-state index in [0.29, 0.717) is 13.2 Å². The van der Waals surface area contributed by atoms with Crippen molar-refractivity contribution in [2.75, 3.05) is 40.0 Å². The van der Waals surface area contributed by atoms with E-state index < -0.39 is 12.0 Å². The topological polar surface area (TPSA) is 79.8 Å². The number of ether oxygens (including phenoxy) is 2. The minimum Gasteiger partial charge on any atom is -0.480 e. The van der Waals surface area contributed by atoms with E-state index in [1.54, 1.807) is 7.05 Å². The van der Waals surface area contributed by atoms with Gasteiger partial charge in [-0.25, -0.2) is 0 Å². The molecule has 0 aromatic rings. The number of carboxylic acids is 1. The second-order valence-corrected chi connectivity index (χ2v) is 3.44. The summed E-state index contributed by atoms with van der Waals surface area (Å²) in [5.74, 6) is -0.898. The van der Waals surface area contributed by atoms with Crippen molar-refractivity contribution in [1.29, 1.82) is 0 Å². The van der Waals surface area contributed by atoms with Crippen LogP contribution >= 0.6 is 0 Å². The van der Waals surface area contributed by atoms with Crippen molar-refractivity contribution in [3.8, 4) is 0 Å². The van der Waals surface area contributed by atoms with E-state index in [2.05, 4.69) is 10.6 Å². The van der Waals surface area contributed by atoms with Crippen molar-refractivity contribution in [1.82, 2.24) is 10.6 Å². The molecular weight excluding hydrogens is 200 g/mol. The zero-order valence-electron chi connectivity index (χ0n) is 8.86. The summed E-state index contributed by atoms with van der Waals surface area (Å²) in [7, 11) is 1.60. The molecule has 15 heavy (non-hydrogen) atoms. The number of rotatable bonds is 6. The number of nitrogens with one attached hydrogen (secondary N) is 2. The number of aliphatic carboxylic acids is 1. The lowest BCUT2D eigenvalue weighted by Gasteiger charge is -2.24. The first-order valence-electron chi connectivity index (χ1n) is 5.03. The molecule has 0 aliphatic carbocycles. The molecule has 0 radical (unpaired) electrons. The first kappa shape index (κ1) is 12.4. The van der Waals surface area contributed by atoms with E-state index in [-0.39, 0.29) is 12.6 Å². The maximum atomic E-state index is 10.6. The third-order valence-electron chi connectivity index (χ3n) is 2.25. The number of carbonyl (C=O) groups is 1. The Hall–Kier alpha value is -0.690. The highest BCUT2D eigenvalue weighted by Gasteiger charge is 2.17. The second kappa shape index (κ2) is 6.73. The minimum absolute atomic E-state index is 0.171. The van der Waals surface area contributed by atoms with E-state index in [1.807, 2.05) is 0 Å². The standard InChI is InChI=1S/C9H18N2O4/c1-10-8(9(12)13)6-15-5-7-4-14-3-2-11-7/h7-8,10-11H,2-6H2,1H3,(H,12,13)/t7-,8?/m0/s1. The van der Waals surface area contributed by atoms with Crippen LogP contribution in [0.2, 0.25) is 0 Å². The predicted molar refractivity (Wildman–Crippen MR) is 53.9 cm³/mol. The summed E-state index contributed by atoms with van der Waals surface area (Å²) < 4.78 is 10.5. The van der Waals surface area contributed by atoms with Crippen LogP contribution in [0, 0.1) is 0 Å². The van der Waals surface area contributed by atoms with Gasteiger partial charge in [0, 0.05) is 6.54 Å². The fourth-order valence-electron chi connectivity index (χ4n) is 1.33. The van der Waals surface area contributed by atoms with Gasteiger partial charge in [0.25, 0.3) is 0 Å². The summed E-state index contributed by atoms with van der Waals surface area (Å²) in [6.07, 6.45) is 0. The van der Waals surface area contributed by atoms with Crippen molar-refractivity contribution in [2.24, 2.45) is 0 Å². The van der Waals surface area contributed by atoms with Crippen molar-refractivity contribution in [3.05, 3.63) is 0 Å². The van der Waals surface area contributed by atoms with Gasteiger partial charge in [-0.15, -0.1) is 0 Å². The van der Waals surface area contributed by atoms with Crippen molar-refractivity contribution in [3.63, 3.8) is 0 Å². The van der Waals surface area contributed by atoms with Crippen LogP contribution in [-0.4, -0.2) is 63.2 Å². The molecule has 0 bridgehead atoms. The lowest BCUT2D eigenvalue weighted by molar-refractivity contribution is -0.141. The summed E-state index contributed by atoms with van der Waals surface area (Å²) in [6, 6.07) is -0.473. The smallest absolute Gasteiger partial charge is 0.323 e. The molecule has 1 aliphatic heterocycles. The molecule has 1 rings (SSSR count). The Labute approximate surface area is 88.9 Å². The van der Waals surface area contributed by atoms with Crippen LogP contribution in [0.1, 0.15) is 0 Å². The van der Waals surface area contributed by atoms with Crippen molar-refractivity contribution < 1.29 is 19.4 Å². The normalized spacial score (nSPS) is 23.7. The Morgan fingerprint density at radius 3 is 3.13 bits per heavy atom. The van der Waals surface area contributed by atoms with E-state index >= 15 is 0 Å². The molecule has 1 heterocycles. The third-order valence-corrected chi connectivity index (χ3v) is 2.25. The second-order valence-electron chi connectivity index (χ2n) is 3.44. The number of hydrogen-bond donors (Lipinski definition) is 3. The number of carboxylic acid groups (broad SMARTS) is 1. The summed E-state index contributed by atoms with van der Waals surface area (Å²) in [6.45, 7) is 2.82. The largest absolute Gasteiger partial charge is 0.480 e. The van der Waals surface area contributed by atoms with Crippen molar-refractivity contribution in [2.45, 2.75) is 12.1 Å². The lowest BCUT2D eigenvalue weighted by atomic mass is 10.3. The molecule has 1 aliphatic rings. The van der Waals surface area contributed by atoms with E-state index in [4.69, 9.17) is 14.6 Å². The van der Waals surface area contributed by atoms with Gasteiger partial charge in [0.1, 0.15) is 6.04 Å². The number of likely N-dealkylation sites (N-methyl/N-ethyl adjacent to an activating group) is 1. The SMILES string of the molecule is CNC(COC[C@@H]1COCCN1)C(=O)O. The van der Waals surface area contributed by atoms with Gasteiger partial charge in [-0.1, -0.05) is 0 Å². The van der Waals surface area contributed by atoms with Crippen LogP contribution in [0.5, 0.6) is 0 Å². The van der Waals surface area contributed by atoms with Crippen LogP contribution < -0.4 is 10.6 Å². The Balaban J connectivity index is 2.11. The van der Waals surface area contributed by atoms with Crippen LogP contribution in [0.3, 0.4) is 0 Å². The first-order valence-corrected chi connectivity index (χ1v) is 5.03. The van der Waals surface area contributed by atoms with Gasteiger partial charge in [0.15, 0.2) is 0 Å². The molecule has 1 saturated heterocycles. The Kier molecular flexibility index (Phi) is 5.56. The molecule has 0 aromatic carbocycles. The predicted octanol–water partition coefficient (Wildman–Crippen LogP) is -1.34. The highest BCUT2D eigenvalue weighted by Crippen LogP contribution is 1.95. The summed E-state index contributed by atoms with van der Waals surface area (Å²) in [5.41, 5.74) is 0. The molecule has 1 fully saturated rings. The summed E-state index contributed by atoms with van der Waals surface area (Å²) in [5, 5.41) is 14.6. The molecule has 6 nitrogen and oxygen atoms in total. The highest BCUT2D eigenvalue weighted by molar-refractivity contribution is 5.73.